The van der Waals surface area contributed by atoms with E-state index in [0.717, 1.165) is 26.6 Å². The molecule has 4 aromatic rings. The first-order valence-corrected chi connectivity index (χ1v) is 10.8. The fourth-order valence-electron chi connectivity index (χ4n) is 2.92. The van der Waals surface area contributed by atoms with Crippen molar-refractivity contribution >= 4 is 62.3 Å². The lowest BCUT2D eigenvalue weighted by Crippen LogP contribution is -2.00. The minimum Gasteiger partial charge on any atom is -0.493 e. The summed E-state index contributed by atoms with van der Waals surface area (Å²) in [6.45, 7) is 0.270. The molecule has 0 saturated heterocycles. The number of nitrogens with one attached hydrogen (secondary N) is 2. The average molecular weight is 520 g/mol. The van der Waals surface area contributed by atoms with Crippen LogP contribution in [0.3, 0.4) is 0 Å². The molecule has 9 heteroatoms. The molecule has 31 heavy (non-hydrogen) atoms. The summed E-state index contributed by atoms with van der Waals surface area (Å²) in [5.41, 5.74) is 6.34. The van der Waals surface area contributed by atoms with E-state index in [1.165, 1.54) is 0 Å². The van der Waals surface area contributed by atoms with Crippen LogP contribution in [0.1, 0.15) is 11.1 Å². The van der Waals surface area contributed by atoms with Gasteiger partial charge in [-0.25, -0.2) is 10.4 Å². The van der Waals surface area contributed by atoms with E-state index in [0.29, 0.717) is 27.5 Å². The Labute approximate surface area is 197 Å². The molecule has 0 unspecified atom stereocenters. The number of aromatic amines is 1. The Balaban J connectivity index is 1.48. The van der Waals surface area contributed by atoms with Crippen molar-refractivity contribution in [3.63, 3.8) is 0 Å². The molecular formula is C22H17BrCl2N4O2. The Morgan fingerprint density at radius 1 is 1.16 bits per heavy atom. The molecule has 6 nitrogen and oxygen atoms in total. The van der Waals surface area contributed by atoms with E-state index in [1.54, 1.807) is 25.5 Å². The van der Waals surface area contributed by atoms with Gasteiger partial charge in [-0.15, -0.1) is 0 Å². The Morgan fingerprint density at radius 2 is 2.00 bits per heavy atom. The third kappa shape index (κ3) is 5.12. The summed E-state index contributed by atoms with van der Waals surface area (Å²) in [7, 11) is 1.58. The number of rotatable bonds is 7. The summed E-state index contributed by atoms with van der Waals surface area (Å²) in [5, 5.41) is 5.37. The van der Waals surface area contributed by atoms with Crippen LogP contribution >= 0.6 is 39.1 Å². The molecule has 0 atom stereocenters. The van der Waals surface area contributed by atoms with Gasteiger partial charge in [0.15, 0.2) is 11.5 Å². The van der Waals surface area contributed by atoms with E-state index in [4.69, 9.17) is 32.7 Å². The minimum absolute atomic E-state index is 0.270. The number of hydrogen-bond donors (Lipinski definition) is 2. The highest BCUT2D eigenvalue weighted by atomic mass is 79.9. The number of benzene rings is 3. The highest BCUT2D eigenvalue weighted by Crippen LogP contribution is 2.37. The van der Waals surface area contributed by atoms with Crippen LogP contribution < -0.4 is 14.9 Å². The number of hydrazone groups is 1. The maximum atomic E-state index is 6.23. The number of aromatic nitrogens is 2. The maximum Gasteiger partial charge on any atom is 0.222 e. The van der Waals surface area contributed by atoms with Gasteiger partial charge in [0, 0.05) is 15.6 Å². The molecule has 1 heterocycles. The van der Waals surface area contributed by atoms with Crippen molar-refractivity contribution in [1.82, 2.24) is 9.97 Å². The number of imidazole rings is 1. The number of nitrogens with zero attached hydrogens (tertiary/aromatic N) is 2. The lowest BCUT2D eigenvalue weighted by atomic mass is 10.2. The van der Waals surface area contributed by atoms with Crippen LogP contribution in [0.5, 0.6) is 11.5 Å². The van der Waals surface area contributed by atoms with Crippen molar-refractivity contribution in [3.05, 3.63) is 80.2 Å². The van der Waals surface area contributed by atoms with E-state index in [-0.39, 0.29) is 6.61 Å². The molecule has 2 N–H and O–H groups in total. The molecule has 0 spiro atoms. The SMILES string of the molecule is COc1cc(/C=N\Nc2nc3ccccc3[nH]2)cc(Br)c1OCc1ccc(Cl)cc1Cl. The third-order valence-electron chi connectivity index (χ3n) is 4.41. The first-order chi connectivity index (χ1) is 15.0. The van der Waals surface area contributed by atoms with Crippen LogP contribution in [0, 0.1) is 0 Å². The van der Waals surface area contributed by atoms with Crippen molar-refractivity contribution in [2.24, 2.45) is 5.10 Å². The van der Waals surface area contributed by atoms with Gasteiger partial charge in [-0.3, -0.25) is 0 Å². The number of hydrogen-bond acceptors (Lipinski definition) is 5. The van der Waals surface area contributed by atoms with Crippen LogP contribution in [-0.2, 0) is 6.61 Å². The Hall–Kier alpha value is -2.74. The molecule has 0 aliphatic rings. The second kappa shape index (κ2) is 9.60. The fourth-order valence-corrected chi connectivity index (χ4v) is 3.95. The van der Waals surface area contributed by atoms with E-state index >= 15 is 0 Å². The molecule has 158 valence electrons. The molecule has 0 aliphatic heterocycles. The monoisotopic (exact) mass is 518 g/mol. The van der Waals surface area contributed by atoms with Crippen LogP contribution in [0.4, 0.5) is 5.95 Å². The molecular weight excluding hydrogens is 503 g/mol. The maximum absolute atomic E-state index is 6.23. The van der Waals surface area contributed by atoms with Gasteiger partial charge in [-0.2, -0.15) is 5.10 Å². The zero-order valence-electron chi connectivity index (χ0n) is 16.3. The summed E-state index contributed by atoms with van der Waals surface area (Å²) in [6, 6.07) is 16.8. The van der Waals surface area contributed by atoms with Crippen LogP contribution in [-0.4, -0.2) is 23.3 Å². The molecule has 0 bridgehead atoms. The predicted molar refractivity (Wildman–Crippen MR) is 129 cm³/mol. The number of halogens is 3. The summed E-state index contributed by atoms with van der Waals surface area (Å²) < 4.78 is 12.2. The quantitative estimate of drug-likeness (QED) is 0.211. The number of fused-ring (bicyclic) bond motifs is 1. The van der Waals surface area contributed by atoms with Gasteiger partial charge in [0.05, 0.1) is 28.8 Å². The minimum atomic E-state index is 0.270. The Bertz CT molecular complexity index is 1230. The molecule has 0 radical (unpaired) electrons. The number of methoxy groups -OCH3 is 1. The standard InChI is InChI=1S/C22H17BrCl2N4O2/c1-30-20-9-13(11-26-29-22-27-18-4-2-3-5-19(18)28-22)8-16(23)21(20)31-12-14-6-7-15(24)10-17(14)25/h2-11H,12H2,1H3,(H2,27,28,29)/b26-11-. The highest BCUT2D eigenvalue weighted by Gasteiger charge is 2.13. The number of para-hydroxylation sites is 2. The zero-order valence-corrected chi connectivity index (χ0v) is 19.4. The van der Waals surface area contributed by atoms with Crippen molar-refractivity contribution in [1.29, 1.82) is 0 Å². The Kier molecular flexibility index (Phi) is 6.65. The molecule has 0 amide bonds. The molecule has 0 aliphatic carbocycles. The second-order valence-corrected chi connectivity index (χ2v) is 8.23. The summed E-state index contributed by atoms with van der Waals surface area (Å²) >= 11 is 15.7. The summed E-state index contributed by atoms with van der Waals surface area (Å²) in [5.74, 6) is 1.68. The Morgan fingerprint density at radius 3 is 2.77 bits per heavy atom. The van der Waals surface area contributed by atoms with Crippen molar-refractivity contribution in [2.75, 3.05) is 12.5 Å². The van der Waals surface area contributed by atoms with Gasteiger partial charge < -0.3 is 14.5 Å². The summed E-state index contributed by atoms with van der Waals surface area (Å²) in [6.07, 6.45) is 1.67. The average Bonchev–Trinajstić information content (AvgIpc) is 3.16. The molecule has 4 rings (SSSR count). The topological polar surface area (TPSA) is 71.5 Å². The number of H-pyrrole nitrogens is 1. The van der Waals surface area contributed by atoms with Crippen molar-refractivity contribution < 1.29 is 9.47 Å². The smallest absolute Gasteiger partial charge is 0.222 e. The first kappa shape index (κ1) is 21.5. The largest absolute Gasteiger partial charge is 0.493 e. The highest BCUT2D eigenvalue weighted by molar-refractivity contribution is 9.10. The fraction of sp³-hybridized carbons (Fsp3) is 0.0909. The van der Waals surface area contributed by atoms with Gasteiger partial charge in [-0.1, -0.05) is 41.4 Å². The van der Waals surface area contributed by atoms with E-state index in [2.05, 4.69) is 36.4 Å². The van der Waals surface area contributed by atoms with Gasteiger partial charge in [0.2, 0.25) is 5.95 Å². The van der Waals surface area contributed by atoms with E-state index in [1.807, 2.05) is 42.5 Å². The first-order valence-electron chi connectivity index (χ1n) is 9.21. The lowest BCUT2D eigenvalue weighted by molar-refractivity contribution is 0.282. The lowest BCUT2D eigenvalue weighted by Gasteiger charge is -2.14. The van der Waals surface area contributed by atoms with Gasteiger partial charge in [-0.05, 0) is 57.9 Å². The van der Waals surface area contributed by atoms with Gasteiger partial charge in [0.25, 0.3) is 0 Å². The zero-order chi connectivity index (χ0) is 21.8. The van der Waals surface area contributed by atoms with Crippen molar-refractivity contribution in [3.8, 4) is 11.5 Å². The van der Waals surface area contributed by atoms with Crippen LogP contribution in [0.2, 0.25) is 10.0 Å². The molecule has 3 aromatic carbocycles. The number of ether oxygens (including phenoxy) is 2. The predicted octanol–water partition coefficient (Wildman–Crippen LogP) is 6.67. The third-order valence-corrected chi connectivity index (χ3v) is 5.59. The molecule has 0 fully saturated rings. The molecule has 0 saturated carbocycles. The normalized spacial score (nSPS) is 11.2. The van der Waals surface area contributed by atoms with Crippen LogP contribution in [0.15, 0.2) is 64.2 Å². The van der Waals surface area contributed by atoms with Gasteiger partial charge in [0.1, 0.15) is 6.61 Å². The van der Waals surface area contributed by atoms with Crippen molar-refractivity contribution in [2.45, 2.75) is 6.61 Å². The van der Waals surface area contributed by atoms with E-state index < -0.39 is 0 Å². The van der Waals surface area contributed by atoms with E-state index in [9.17, 15) is 0 Å². The molecule has 1 aromatic heterocycles. The summed E-state index contributed by atoms with van der Waals surface area (Å²) in [4.78, 5) is 7.58. The van der Waals surface area contributed by atoms with Gasteiger partial charge >= 0.3 is 0 Å². The number of anilines is 1. The second-order valence-electron chi connectivity index (χ2n) is 6.53. The van der Waals surface area contributed by atoms with Crippen LogP contribution in [0.25, 0.3) is 11.0 Å².